The van der Waals surface area contributed by atoms with E-state index >= 15 is 0 Å². The molecule has 0 aliphatic heterocycles. The van der Waals surface area contributed by atoms with Crippen LogP contribution in [0.1, 0.15) is 16.1 Å². The zero-order valence-electron chi connectivity index (χ0n) is 13.7. The lowest BCUT2D eigenvalue weighted by Gasteiger charge is -2.05. The molecule has 128 valence electrons. The van der Waals surface area contributed by atoms with E-state index in [0.29, 0.717) is 12.2 Å². The molecule has 0 atom stereocenters. The van der Waals surface area contributed by atoms with E-state index in [2.05, 4.69) is 20.4 Å². The molecule has 0 aliphatic rings. The summed E-state index contributed by atoms with van der Waals surface area (Å²) in [5.74, 6) is 0.616. The Balaban J connectivity index is 1.39. The summed E-state index contributed by atoms with van der Waals surface area (Å²) in [7, 11) is 0. The summed E-state index contributed by atoms with van der Waals surface area (Å²) in [5, 5.41) is 6.75. The summed E-state index contributed by atoms with van der Waals surface area (Å²) in [4.78, 5) is 20.6. The molecular weight excluding hydrogens is 330 g/mol. The number of carbonyl (C=O) groups excluding carboxylic acids is 1. The molecule has 0 aliphatic carbocycles. The van der Waals surface area contributed by atoms with Crippen LogP contribution < -0.4 is 5.32 Å². The molecule has 1 N–H and O–H groups in total. The van der Waals surface area contributed by atoms with E-state index in [1.54, 1.807) is 24.8 Å². The van der Waals surface area contributed by atoms with Crippen molar-refractivity contribution in [2.75, 3.05) is 0 Å². The summed E-state index contributed by atoms with van der Waals surface area (Å²) >= 11 is 0. The first-order valence-electron chi connectivity index (χ1n) is 8.03. The molecule has 0 fully saturated rings. The molecule has 3 heterocycles. The fraction of sp³-hybridized carbons (Fsp3) is 0.0526. The monoisotopic (exact) mass is 345 g/mol. The van der Waals surface area contributed by atoms with Gasteiger partial charge in [-0.3, -0.25) is 9.36 Å². The normalized spacial score (nSPS) is 10.6. The van der Waals surface area contributed by atoms with Crippen LogP contribution in [-0.2, 0) is 6.54 Å². The minimum atomic E-state index is -0.321. The van der Waals surface area contributed by atoms with Gasteiger partial charge in [0.05, 0.1) is 0 Å². The third kappa shape index (κ3) is 3.36. The molecule has 0 saturated heterocycles. The van der Waals surface area contributed by atoms with E-state index in [1.807, 2.05) is 53.2 Å². The Hall–Kier alpha value is -3.74. The SMILES string of the molecule is O=C(NCc1ccc(-n2ccnc2)nc1)c1cc(-c2ccccc2)no1. The maximum absolute atomic E-state index is 12.2. The molecule has 0 unspecified atom stereocenters. The number of aromatic nitrogens is 4. The van der Waals surface area contributed by atoms with Crippen molar-refractivity contribution in [2.45, 2.75) is 6.54 Å². The standard InChI is InChI=1S/C19H15N5O2/c25-19(17-10-16(23-26-17)15-4-2-1-3-5-15)22-12-14-6-7-18(21-11-14)24-9-8-20-13-24/h1-11,13H,12H2,(H,22,25). The molecule has 4 aromatic rings. The van der Waals surface area contributed by atoms with Gasteiger partial charge in [0, 0.05) is 36.8 Å². The summed E-state index contributed by atoms with van der Waals surface area (Å²) in [6.45, 7) is 0.345. The number of benzene rings is 1. The average molecular weight is 345 g/mol. The quantitative estimate of drug-likeness (QED) is 0.601. The average Bonchev–Trinajstić information content (AvgIpc) is 3.39. The number of carbonyl (C=O) groups is 1. The predicted octanol–water partition coefficient (Wildman–Crippen LogP) is 2.85. The Morgan fingerprint density at radius 1 is 1.15 bits per heavy atom. The van der Waals surface area contributed by atoms with Gasteiger partial charge >= 0.3 is 0 Å². The van der Waals surface area contributed by atoms with E-state index in [-0.39, 0.29) is 11.7 Å². The second-order valence-corrected chi connectivity index (χ2v) is 5.62. The van der Waals surface area contributed by atoms with Crippen LogP contribution in [0, 0.1) is 0 Å². The molecule has 4 rings (SSSR count). The number of imidazole rings is 1. The smallest absolute Gasteiger partial charge is 0.290 e. The Morgan fingerprint density at radius 2 is 2.04 bits per heavy atom. The molecule has 1 aromatic carbocycles. The second-order valence-electron chi connectivity index (χ2n) is 5.62. The molecule has 3 aromatic heterocycles. The zero-order valence-corrected chi connectivity index (χ0v) is 13.7. The van der Waals surface area contributed by atoms with Gasteiger partial charge in [0.25, 0.3) is 5.91 Å². The lowest BCUT2D eigenvalue weighted by Crippen LogP contribution is -2.22. The van der Waals surface area contributed by atoms with Gasteiger partial charge in [0.2, 0.25) is 5.76 Å². The highest BCUT2D eigenvalue weighted by molar-refractivity contribution is 5.92. The summed E-state index contributed by atoms with van der Waals surface area (Å²) in [6.07, 6.45) is 6.90. The van der Waals surface area contributed by atoms with Crippen LogP contribution in [0.5, 0.6) is 0 Å². The molecule has 0 saturated carbocycles. The fourth-order valence-corrected chi connectivity index (χ4v) is 2.47. The third-order valence-corrected chi connectivity index (χ3v) is 3.83. The van der Waals surface area contributed by atoms with E-state index in [0.717, 1.165) is 16.9 Å². The van der Waals surface area contributed by atoms with Gasteiger partial charge in [0.1, 0.15) is 17.8 Å². The predicted molar refractivity (Wildman–Crippen MR) is 94.5 cm³/mol. The molecule has 7 nitrogen and oxygen atoms in total. The van der Waals surface area contributed by atoms with E-state index in [9.17, 15) is 4.79 Å². The number of amides is 1. The number of nitrogens with one attached hydrogen (secondary N) is 1. The van der Waals surface area contributed by atoms with Gasteiger partial charge in [-0.15, -0.1) is 0 Å². The highest BCUT2D eigenvalue weighted by atomic mass is 16.5. The van der Waals surface area contributed by atoms with Crippen molar-refractivity contribution in [2.24, 2.45) is 0 Å². The maximum atomic E-state index is 12.2. The van der Waals surface area contributed by atoms with Gasteiger partial charge < -0.3 is 9.84 Å². The Bertz CT molecular complexity index is 992. The second kappa shape index (κ2) is 7.02. The first-order valence-corrected chi connectivity index (χ1v) is 8.03. The first kappa shape index (κ1) is 15.8. The maximum Gasteiger partial charge on any atom is 0.290 e. The van der Waals surface area contributed by atoms with Gasteiger partial charge in [-0.05, 0) is 11.6 Å². The molecule has 0 spiro atoms. The highest BCUT2D eigenvalue weighted by Gasteiger charge is 2.13. The minimum Gasteiger partial charge on any atom is -0.350 e. The van der Waals surface area contributed by atoms with E-state index in [1.165, 1.54) is 0 Å². The first-order chi connectivity index (χ1) is 12.8. The van der Waals surface area contributed by atoms with Gasteiger partial charge in [0.15, 0.2) is 0 Å². The fourth-order valence-electron chi connectivity index (χ4n) is 2.47. The van der Waals surface area contributed by atoms with Gasteiger partial charge in [-0.2, -0.15) is 0 Å². The summed E-state index contributed by atoms with van der Waals surface area (Å²) in [6, 6.07) is 15.0. The van der Waals surface area contributed by atoms with Gasteiger partial charge in [-0.1, -0.05) is 41.6 Å². The third-order valence-electron chi connectivity index (χ3n) is 3.83. The van der Waals surface area contributed by atoms with Crippen LogP contribution in [0.4, 0.5) is 0 Å². The van der Waals surface area contributed by atoms with Crippen molar-refractivity contribution in [1.82, 2.24) is 25.0 Å². The lowest BCUT2D eigenvalue weighted by molar-refractivity contribution is 0.0914. The number of hydrogen-bond donors (Lipinski definition) is 1. The van der Waals surface area contributed by atoms with E-state index < -0.39 is 0 Å². The van der Waals surface area contributed by atoms with Crippen molar-refractivity contribution in [3.63, 3.8) is 0 Å². The largest absolute Gasteiger partial charge is 0.350 e. The Labute approximate surface area is 149 Å². The zero-order chi connectivity index (χ0) is 17.8. The number of rotatable bonds is 5. The topological polar surface area (TPSA) is 85.8 Å². The molecule has 0 radical (unpaired) electrons. The van der Waals surface area contributed by atoms with Gasteiger partial charge in [-0.25, -0.2) is 9.97 Å². The number of nitrogens with zero attached hydrogens (tertiary/aromatic N) is 4. The van der Waals surface area contributed by atoms with Crippen molar-refractivity contribution >= 4 is 5.91 Å². The summed E-state index contributed by atoms with van der Waals surface area (Å²) in [5.41, 5.74) is 2.40. The highest BCUT2D eigenvalue weighted by Crippen LogP contribution is 2.18. The molecule has 7 heteroatoms. The van der Waals surface area contributed by atoms with Crippen LogP contribution in [0.25, 0.3) is 17.1 Å². The van der Waals surface area contributed by atoms with E-state index in [4.69, 9.17) is 4.52 Å². The summed E-state index contributed by atoms with van der Waals surface area (Å²) < 4.78 is 6.96. The van der Waals surface area contributed by atoms with Crippen LogP contribution >= 0.6 is 0 Å². The van der Waals surface area contributed by atoms with Crippen LogP contribution in [0.15, 0.2) is 78.0 Å². The molecular formula is C19H15N5O2. The van der Waals surface area contributed by atoms with Crippen molar-refractivity contribution in [1.29, 1.82) is 0 Å². The number of hydrogen-bond acceptors (Lipinski definition) is 5. The van der Waals surface area contributed by atoms with Crippen LogP contribution in [0.2, 0.25) is 0 Å². The Kier molecular flexibility index (Phi) is 4.26. The van der Waals surface area contributed by atoms with Crippen molar-refractivity contribution in [3.05, 3.63) is 84.8 Å². The molecule has 0 bridgehead atoms. The van der Waals surface area contributed by atoms with Crippen LogP contribution in [0.3, 0.4) is 0 Å². The van der Waals surface area contributed by atoms with Crippen molar-refractivity contribution in [3.8, 4) is 17.1 Å². The van der Waals surface area contributed by atoms with Crippen LogP contribution in [-0.4, -0.2) is 25.6 Å². The number of pyridine rings is 1. The Morgan fingerprint density at radius 3 is 2.77 bits per heavy atom. The molecule has 1 amide bonds. The minimum absolute atomic E-state index is 0.173. The molecule has 26 heavy (non-hydrogen) atoms. The lowest BCUT2D eigenvalue weighted by atomic mass is 10.1. The van der Waals surface area contributed by atoms with Crippen molar-refractivity contribution < 1.29 is 9.32 Å².